The van der Waals surface area contributed by atoms with Crippen LogP contribution in [0.5, 0.6) is 11.5 Å². The lowest BCUT2D eigenvalue weighted by Gasteiger charge is -2.17. The van der Waals surface area contributed by atoms with Gasteiger partial charge in [-0.1, -0.05) is 24.3 Å². The number of phenols is 2. The zero-order chi connectivity index (χ0) is 17.7. The average molecular weight is 330 g/mol. The highest BCUT2D eigenvalue weighted by atomic mass is 16.4. The molecule has 0 fully saturated rings. The van der Waals surface area contributed by atoms with E-state index in [-0.39, 0.29) is 24.3 Å². The summed E-state index contributed by atoms with van der Waals surface area (Å²) in [7, 11) is 0. The molecule has 0 radical (unpaired) electrons. The molecule has 0 saturated heterocycles. The second-order valence-corrected chi connectivity index (χ2v) is 5.54. The first-order chi connectivity index (χ1) is 11.4. The van der Waals surface area contributed by atoms with Gasteiger partial charge in [-0.05, 0) is 48.2 Å². The Hall–Kier alpha value is -3.02. The third-order valence-electron chi connectivity index (χ3n) is 3.93. The van der Waals surface area contributed by atoms with Gasteiger partial charge in [-0.3, -0.25) is 9.59 Å². The maximum atomic E-state index is 11.5. The highest BCUT2D eigenvalue weighted by Gasteiger charge is 2.25. The summed E-state index contributed by atoms with van der Waals surface area (Å²) in [5, 5.41) is 37.4. The first-order valence-corrected chi connectivity index (χ1v) is 7.42. The van der Waals surface area contributed by atoms with Crippen molar-refractivity contribution in [2.45, 2.75) is 24.7 Å². The van der Waals surface area contributed by atoms with Gasteiger partial charge < -0.3 is 20.4 Å². The molecule has 0 aliphatic heterocycles. The Kier molecular flexibility index (Phi) is 5.42. The number of carboxylic acids is 2. The van der Waals surface area contributed by atoms with E-state index in [1.165, 1.54) is 48.5 Å². The molecule has 0 bridgehead atoms. The number of phenolic OH excluding ortho intramolecular Hbond substituents is 2. The molecule has 6 nitrogen and oxygen atoms in total. The van der Waals surface area contributed by atoms with Gasteiger partial charge in [-0.15, -0.1) is 0 Å². The molecule has 2 atom stereocenters. The fourth-order valence-electron chi connectivity index (χ4n) is 2.61. The summed E-state index contributed by atoms with van der Waals surface area (Å²) in [6.45, 7) is 0. The van der Waals surface area contributed by atoms with E-state index in [0.717, 1.165) is 0 Å². The summed E-state index contributed by atoms with van der Waals surface area (Å²) in [5.41, 5.74) is 1.02. The molecule has 0 aromatic heterocycles. The predicted molar refractivity (Wildman–Crippen MR) is 86.2 cm³/mol. The first-order valence-electron chi connectivity index (χ1n) is 7.42. The Morgan fingerprint density at radius 2 is 0.958 bits per heavy atom. The fraction of sp³-hybridized carbons (Fsp3) is 0.222. The number of hydrogen-bond donors (Lipinski definition) is 4. The van der Waals surface area contributed by atoms with Gasteiger partial charge in [0.15, 0.2) is 0 Å². The highest BCUT2D eigenvalue weighted by molar-refractivity contribution is 5.78. The third-order valence-corrected chi connectivity index (χ3v) is 3.93. The Labute approximate surface area is 138 Å². The van der Waals surface area contributed by atoms with E-state index >= 15 is 0 Å². The van der Waals surface area contributed by atoms with Crippen LogP contribution in [0.1, 0.15) is 35.8 Å². The minimum absolute atomic E-state index is 0.0374. The molecule has 0 aliphatic rings. The summed E-state index contributed by atoms with van der Waals surface area (Å²) in [6, 6.07) is 11.7. The van der Waals surface area contributed by atoms with Gasteiger partial charge in [0.2, 0.25) is 0 Å². The van der Waals surface area contributed by atoms with Crippen LogP contribution in [0.2, 0.25) is 0 Å². The lowest BCUT2D eigenvalue weighted by atomic mass is 9.87. The van der Waals surface area contributed by atoms with Crippen LogP contribution in [-0.2, 0) is 9.59 Å². The molecule has 2 rings (SSSR count). The first kappa shape index (κ1) is 17.3. The summed E-state index contributed by atoms with van der Waals surface area (Å²) < 4.78 is 0. The summed E-state index contributed by atoms with van der Waals surface area (Å²) >= 11 is 0. The molecular weight excluding hydrogens is 312 g/mol. The van der Waals surface area contributed by atoms with Crippen molar-refractivity contribution in [3.63, 3.8) is 0 Å². The van der Waals surface area contributed by atoms with E-state index < -0.39 is 23.8 Å². The van der Waals surface area contributed by atoms with Crippen LogP contribution in [0.4, 0.5) is 0 Å². The normalized spacial score (nSPS) is 13.2. The van der Waals surface area contributed by atoms with Gasteiger partial charge in [0, 0.05) is 0 Å². The summed E-state index contributed by atoms with van der Waals surface area (Å²) in [6.07, 6.45) is 0.274. The molecule has 24 heavy (non-hydrogen) atoms. The minimum Gasteiger partial charge on any atom is -0.508 e. The van der Waals surface area contributed by atoms with Crippen molar-refractivity contribution in [1.29, 1.82) is 0 Å². The predicted octanol–water partition coefficient (Wildman–Crippen LogP) is 2.91. The maximum absolute atomic E-state index is 11.5. The van der Waals surface area contributed by atoms with Crippen molar-refractivity contribution in [2.24, 2.45) is 0 Å². The number of carboxylic acid groups (broad SMARTS) is 2. The smallest absolute Gasteiger partial charge is 0.310 e. The number of carbonyl (C=O) groups is 2. The van der Waals surface area contributed by atoms with Gasteiger partial charge in [-0.2, -0.15) is 0 Å². The second-order valence-electron chi connectivity index (χ2n) is 5.54. The largest absolute Gasteiger partial charge is 0.508 e. The van der Waals surface area contributed by atoms with Crippen LogP contribution in [-0.4, -0.2) is 32.4 Å². The van der Waals surface area contributed by atoms with E-state index in [9.17, 15) is 30.0 Å². The summed E-state index contributed by atoms with van der Waals surface area (Å²) in [5.74, 6) is -3.73. The molecule has 6 heteroatoms. The van der Waals surface area contributed by atoms with Crippen molar-refractivity contribution >= 4 is 11.9 Å². The maximum Gasteiger partial charge on any atom is 0.310 e. The summed E-state index contributed by atoms with van der Waals surface area (Å²) in [4.78, 5) is 23.0. The number of benzene rings is 2. The Balaban J connectivity index is 2.16. The van der Waals surface area contributed by atoms with Crippen molar-refractivity contribution in [1.82, 2.24) is 0 Å². The topological polar surface area (TPSA) is 115 Å². The van der Waals surface area contributed by atoms with Crippen molar-refractivity contribution in [3.05, 3.63) is 59.7 Å². The van der Waals surface area contributed by atoms with Crippen molar-refractivity contribution < 1.29 is 30.0 Å². The Morgan fingerprint density at radius 1 is 0.667 bits per heavy atom. The number of rotatable bonds is 7. The van der Waals surface area contributed by atoms with Crippen LogP contribution in [0.25, 0.3) is 0 Å². The van der Waals surface area contributed by atoms with Crippen LogP contribution in [0.15, 0.2) is 48.5 Å². The SMILES string of the molecule is O=C(O)C(CCC(C(=O)O)c1ccc(O)cc1)c1ccc(O)cc1. The van der Waals surface area contributed by atoms with E-state index in [2.05, 4.69) is 0 Å². The molecule has 0 amide bonds. The molecule has 2 aromatic carbocycles. The van der Waals surface area contributed by atoms with Gasteiger partial charge in [0.1, 0.15) is 11.5 Å². The zero-order valence-corrected chi connectivity index (χ0v) is 12.8. The van der Waals surface area contributed by atoms with E-state index in [1.54, 1.807) is 0 Å². The van der Waals surface area contributed by atoms with Crippen molar-refractivity contribution in [3.8, 4) is 11.5 Å². The van der Waals surface area contributed by atoms with Crippen LogP contribution in [0, 0.1) is 0 Å². The molecule has 4 N–H and O–H groups in total. The van der Waals surface area contributed by atoms with Crippen molar-refractivity contribution in [2.75, 3.05) is 0 Å². The zero-order valence-electron chi connectivity index (χ0n) is 12.8. The fourth-order valence-corrected chi connectivity index (χ4v) is 2.61. The molecule has 0 aliphatic carbocycles. The lowest BCUT2D eigenvalue weighted by Crippen LogP contribution is -2.17. The Bertz CT molecular complexity index is 642. The van der Waals surface area contributed by atoms with Gasteiger partial charge in [-0.25, -0.2) is 0 Å². The lowest BCUT2D eigenvalue weighted by molar-refractivity contribution is -0.141. The van der Waals surface area contributed by atoms with Gasteiger partial charge >= 0.3 is 11.9 Å². The average Bonchev–Trinajstić information content (AvgIpc) is 2.53. The van der Waals surface area contributed by atoms with E-state index in [1.807, 2.05) is 0 Å². The minimum atomic E-state index is -1.05. The number of aliphatic carboxylic acids is 2. The molecule has 126 valence electrons. The van der Waals surface area contributed by atoms with Crippen LogP contribution >= 0.6 is 0 Å². The highest BCUT2D eigenvalue weighted by Crippen LogP contribution is 2.30. The molecular formula is C18H18O6. The van der Waals surface area contributed by atoms with Crippen LogP contribution < -0.4 is 0 Å². The van der Waals surface area contributed by atoms with Gasteiger partial charge in [0.25, 0.3) is 0 Å². The number of hydrogen-bond acceptors (Lipinski definition) is 4. The van der Waals surface area contributed by atoms with Gasteiger partial charge in [0.05, 0.1) is 11.8 Å². The molecule has 2 unspecified atom stereocenters. The third kappa shape index (κ3) is 4.25. The quantitative estimate of drug-likeness (QED) is 0.620. The molecule has 0 spiro atoms. The standard InChI is InChI=1S/C18H18O6/c19-13-5-1-11(2-6-13)15(17(21)22)9-10-16(18(23)24)12-3-7-14(20)8-4-12/h1-8,15-16,19-20H,9-10H2,(H,21,22)(H,23,24). The molecule has 0 saturated carbocycles. The molecule has 0 heterocycles. The van der Waals surface area contributed by atoms with Crippen LogP contribution in [0.3, 0.4) is 0 Å². The second kappa shape index (κ2) is 7.50. The molecule has 2 aromatic rings. The monoisotopic (exact) mass is 330 g/mol. The Morgan fingerprint density at radius 3 is 1.21 bits per heavy atom. The number of aromatic hydroxyl groups is 2. The van der Waals surface area contributed by atoms with E-state index in [4.69, 9.17) is 0 Å². The van der Waals surface area contributed by atoms with E-state index in [0.29, 0.717) is 11.1 Å².